The van der Waals surface area contributed by atoms with Crippen molar-refractivity contribution < 1.29 is 9.59 Å². The second-order valence-electron chi connectivity index (χ2n) is 3.97. The third-order valence-electron chi connectivity index (χ3n) is 2.72. The number of nitrogens with one attached hydrogen (secondary N) is 1. The van der Waals surface area contributed by atoms with Crippen LogP contribution < -0.4 is 5.32 Å². The lowest BCUT2D eigenvalue weighted by molar-refractivity contribution is -0.129. The molecule has 0 aliphatic carbocycles. The van der Waals surface area contributed by atoms with Crippen LogP contribution in [0.2, 0.25) is 0 Å². The van der Waals surface area contributed by atoms with Crippen LogP contribution in [-0.2, 0) is 9.59 Å². The van der Waals surface area contributed by atoms with Crippen molar-refractivity contribution in [2.45, 2.75) is 46.1 Å². The number of hydrogen-bond donors (Lipinski definition) is 1. The molecule has 0 saturated carbocycles. The van der Waals surface area contributed by atoms with Crippen molar-refractivity contribution in [1.29, 1.82) is 0 Å². The number of amides is 1. The number of carbonyl (C=O) groups excluding carboxylic acids is 2. The third kappa shape index (κ3) is 6.99. The molecule has 0 fully saturated rings. The van der Waals surface area contributed by atoms with Crippen LogP contribution in [0.1, 0.15) is 40.0 Å². The van der Waals surface area contributed by atoms with Crippen molar-refractivity contribution in [3.8, 4) is 0 Å². The summed E-state index contributed by atoms with van der Waals surface area (Å²) in [6.07, 6.45) is 4.02. The smallest absolute Gasteiger partial charge is 0.223 e. The Morgan fingerprint density at radius 3 is 2.41 bits per heavy atom. The zero-order chi connectivity index (χ0) is 13.3. The Labute approximate surface area is 112 Å². The van der Waals surface area contributed by atoms with Gasteiger partial charge in [-0.1, -0.05) is 42.4 Å². The largest absolute Gasteiger partial charge is 0.346 e. The van der Waals surface area contributed by atoms with Crippen molar-refractivity contribution in [2.24, 2.45) is 5.92 Å². The van der Waals surface area contributed by atoms with Gasteiger partial charge in [0.25, 0.3) is 0 Å². The third-order valence-corrected chi connectivity index (χ3v) is 4.57. The fourth-order valence-corrected chi connectivity index (χ4v) is 2.60. The van der Waals surface area contributed by atoms with Crippen molar-refractivity contribution in [3.63, 3.8) is 0 Å². The van der Waals surface area contributed by atoms with E-state index in [2.05, 4.69) is 5.32 Å². The quantitative estimate of drug-likeness (QED) is 0.520. The van der Waals surface area contributed by atoms with Crippen LogP contribution in [0.25, 0.3) is 0 Å². The average molecular weight is 277 g/mol. The molecular formula is C12H23NO2S2. The predicted octanol–water partition coefficient (Wildman–Crippen LogP) is 2.90. The highest BCUT2D eigenvalue weighted by molar-refractivity contribution is 8.76. The summed E-state index contributed by atoms with van der Waals surface area (Å²) in [5.74, 6) is 0.991. The van der Waals surface area contributed by atoms with Gasteiger partial charge in [-0.15, -0.1) is 0 Å². The standard InChI is InChI=1S/C12H23NO2S2/c1-5-9(3)12(15)13-10(11(14)6-2)7-8-17-16-4/h9-10H,5-8H2,1-4H3,(H,13,15). The molecular weight excluding hydrogens is 254 g/mol. The normalized spacial score (nSPS) is 14.1. The molecule has 2 unspecified atom stereocenters. The second kappa shape index (κ2) is 9.83. The van der Waals surface area contributed by atoms with Crippen LogP contribution in [0.4, 0.5) is 0 Å². The molecule has 1 amide bonds. The number of ketones is 1. The fraction of sp³-hybridized carbons (Fsp3) is 0.833. The van der Waals surface area contributed by atoms with E-state index in [0.717, 1.165) is 18.6 Å². The number of rotatable bonds is 9. The van der Waals surface area contributed by atoms with Gasteiger partial charge in [-0.2, -0.15) is 0 Å². The minimum absolute atomic E-state index is 0.00606. The van der Waals surface area contributed by atoms with Gasteiger partial charge in [0, 0.05) is 18.1 Å². The molecule has 17 heavy (non-hydrogen) atoms. The molecule has 0 aromatic rings. The summed E-state index contributed by atoms with van der Waals surface area (Å²) in [4.78, 5) is 23.5. The van der Waals surface area contributed by atoms with E-state index in [9.17, 15) is 9.59 Å². The van der Waals surface area contributed by atoms with E-state index in [1.54, 1.807) is 21.6 Å². The molecule has 0 radical (unpaired) electrons. The highest BCUT2D eigenvalue weighted by atomic mass is 33.1. The number of hydrogen-bond acceptors (Lipinski definition) is 4. The van der Waals surface area contributed by atoms with E-state index in [1.807, 2.05) is 27.0 Å². The van der Waals surface area contributed by atoms with Crippen LogP contribution in [0.3, 0.4) is 0 Å². The Balaban J connectivity index is 4.28. The number of Topliss-reactive ketones (excluding diaryl/α,β-unsaturated/α-hetero) is 1. The Morgan fingerprint density at radius 2 is 1.94 bits per heavy atom. The summed E-state index contributed by atoms with van der Waals surface area (Å²) in [7, 11) is 3.40. The molecule has 2 atom stereocenters. The summed E-state index contributed by atoms with van der Waals surface area (Å²) >= 11 is 0. The molecule has 0 bridgehead atoms. The second-order valence-corrected chi connectivity index (χ2v) is 6.65. The first-order chi connectivity index (χ1) is 8.06. The molecule has 0 heterocycles. The Hall–Kier alpha value is -0.160. The van der Waals surface area contributed by atoms with Gasteiger partial charge < -0.3 is 5.32 Å². The predicted molar refractivity (Wildman–Crippen MR) is 77.3 cm³/mol. The Bertz CT molecular complexity index is 247. The fourth-order valence-electron chi connectivity index (χ4n) is 1.31. The van der Waals surface area contributed by atoms with Crippen molar-refractivity contribution >= 4 is 33.3 Å². The van der Waals surface area contributed by atoms with Crippen molar-refractivity contribution in [2.75, 3.05) is 12.0 Å². The summed E-state index contributed by atoms with van der Waals surface area (Å²) in [6.45, 7) is 5.70. The molecule has 0 aliphatic rings. The van der Waals surface area contributed by atoms with E-state index in [4.69, 9.17) is 0 Å². The molecule has 0 aromatic carbocycles. The van der Waals surface area contributed by atoms with E-state index >= 15 is 0 Å². The zero-order valence-corrected chi connectivity index (χ0v) is 12.7. The maximum absolute atomic E-state index is 11.8. The molecule has 0 aliphatic heterocycles. The molecule has 0 aromatic heterocycles. The molecule has 100 valence electrons. The maximum Gasteiger partial charge on any atom is 0.223 e. The molecule has 0 spiro atoms. The van der Waals surface area contributed by atoms with E-state index < -0.39 is 0 Å². The van der Waals surface area contributed by atoms with Crippen LogP contribution in [-0.4, -0.2) is 29.7 Å². The molecule has 1 N–H and O–H groups in total. The minimum atomic E-state index is -0.304. The first kappa shape index (κ1) is 16.8. The zero-order valence-electron chi connectivity index (χ0n) is 11.1. The van der Waals surface area contributed by atoms with Gasteiger partial charge in [-0.25, -0.2) is 0 Å². The van der Waals surface area contributed by atoms with E-state index in [-0.39, 0.29) is 23.7 Å². The van der Waals surface area contributed by atoms with Crippen molar-refractivity contribution in [1.82, 2.24) is 5.32 Å². The topological polar surface area (TPSA) is 46.2 Å². The van der Waals surface area contributed by atoms with Crippen molar-refractivity contribution in [3.05, 3.63) is 0 Å². The summed E-state index contributed by atoms with van der Waals surface area (Å²) < 4.78 is 0. The Morgan fingerprint density at radius 1 is 1.29 bits per heavy atom. The highest BCUT2D eigenvalue weighted by Gasteiger charge is 2.21. The van der Waals surface area contributed by atoms with Gasteiger partial charge in [-0.3, -0.25) is 9.59 Å². The summed E-state index contributed by atoms with van der Waals surface area (Å²) in [5, 5.41) is 2.87. The molecule has 0 saturated heterocycles. The number of carbonyl (C=O) groups is 2. The van der Waals surface area contributed by atoms with Gasteiger partial charge >= 0.3 is 0 Å². The van der Waals surface area contributed by atoms with Gasteiger partial charge in [0.05, 0.1) is 6.04 Å². The first-order valence-corrected chi connectivity index (χ1v) is 8.78. The lowest BCUT2D eigenvalue weighted by Crippen LogP contribution is -2.43. The average Bonchev–Trinajstić information content (AvgIpc) is 2.35. The van der Waals surface area contributed by atoms with Gasteiger partial charge in [0.2, 0.25) is 5.91 Å². The van der Waals surface area contributed by atoms with Gasteiger partial charge in [0.15, 0.2) is 5.78 Å². The lowest BCUT2D eigenvalue weighted by atomic mass is 10.0. The Kier molecular flexibility index (Phi) is 9.74. The first-order valence-electron chi connectivity index (χ1n) is 6.05. The van der Waals surface area contributed by atoms with Crippen LogP contribution >= 0.6 is 21.6 Å². The van der Waals surface area contributed by atoms with Gasteiger partial charge in [-0.05, 0) is 19.1 Å². The van der Waals surface area contributed by atoms with Crippen LogP contribution in [0.15, 0.2) is 0 Å². The van der Waals surface area contributed by atoms with Crippen LogP contribution in [0.5, 0.6) is 0 Å². The minimum Gasteiger partial charge on any atom is -0.346 e. The molecule has 3 nitrogen and oxygen atoms in total. The maximum atomic E-state index is 11.8. The molecule has 0 rings (SSSR count). The monoisotopic (exact) mass is 277 g/mol. The summed E-state index contributed by atoms with van der Waals surface area (Å²) in [6, 6.07) is -0.304. The SMILES string of the molecule is CCC(=O)C(CCSSC)NC(=O)C(C)CC. The highest BCUT2D eigenvalue weighted by Crippen LogP contribution is 2.19. The summed E-state index contributed by atoms with van der Waals surface area (Å²) in [5.41, 5.74) is 0. The van der Waals surface area contributed by atoms with E-state index in [1.165, 1.54) is 0 Å². The lowest BCUT2D eigenvalue weighted by Gasteiger charge is -2.19. The molecule has 5 heteroatoms. The van der Waals surface area contributed by atoms with Gasteiger partial charge in [0.1, 0.15) is 0 Å². The van der Waals surface area contributed by atoms with Crippen LogP contribution in [0, 0.1) is 5.92 Å². The van der Waals surface area contributed by atoms with E-state index in [0.29, 0.717) is 6.42 Å².